The van der Waals surface area contributed by atoms with Gasteiger partial charge < -0.3 is 0 Å². The van der Waals surface area contributed by atoms with Crippen LogP contribution in [0.4, 0.5) is 13.2 Å². The quantitative estimate of drug-likeness (QED) is 0.669. The van der Waals surface area contributed by atoms with Crippen molar-refractivity contribution in [2.45, 2.75) is 50.9 Å². The highest BCUT2D eigenvalue weighted by Gasteiger charge is 2.60. The Labute approximate surface area is 191 Å². The fourth-order valence-electron chi connectivity index (χ4n) is 6.80. The van der Waals surface area contributed by atoms with Crippen molar-refractivity contribution in [3.63, 3.8) is 0 Å². The first-order chi connectivity index (χ1) is 15.6. The lowest BCUT2D eigenvalue weighted by Crippen LogP contribution is -2.50. The summed E-state index contributed by atoms with van der Waals surface area (Å²) in [5, 5.41) is 4.61. The van der Waals surface area contributed by atoms with Gasteiger partial charge in [0.15, 0.2) is 9.84 Å². The molecule has 0 aromatic carbocycles. The highest BCUT2D eigenvalue weighted by atomic mass is 32.2. The van der Waals surface area contributed by atoms with Gasteiger partial charge >= 0.3 is 6.18 Å². The van der Waals surface area contributed by atoms with Crippen molar-refractivity contribution >= 4 is 9.84 Å². The normalized spacial score (nSPS) is 32.1. The largest absolute Gasteiger partial charge is 0.433 e. The van der Waals surface area contributed by atoms with Gasteiger partial charge in [-0.3, -0.25) is 14.6 Å². The molecule has 33 heavy (non-hydrogen) atoms. The van der Waals surface area contributed by atoms with Gasteiger partial charge in [-0.15, -0.1) is 0 Å². The molecule has 4 fully saturated rings. The van der Waals surface area contributed by atoms with Crippen LogP contribution >= 0.6 is 0 Å². The number of sulfone groups is 1. The van der Waals surface area contributed by atoms with Crippen LogP contribution in [0.25, 0.3) is 11.3 Å². The predicted molar refractivity (Wildman–Crippen MR) is 116 cm³/mol. The Morgan fingerprint density at radius 1 is 1.18 bits per heavy atom. The zero-order chi connectivity index (χ0) is 23.2. The molecule has 0 amide bonds. The maximum absolute atomic E-state index is 13.1. The van der Waals surface area contributed by atoms with Crippen molar-refractivity contribution in [3.8, 4) is 11.3 Å². The molecule has 2 saturated carbocycles. The molecule has 4 aliphatic rings. The Bertz CT molecular complexity index is 1180. The smallest absolute Gasteiger partial charge is 0.300 e. The van der Waals surface area contributed by atoms with Crippen LogP contribution in [0.5, 0.6) is 0 Å². The van der Waals surface area contributed by atoms with Crippen LogP contribution in [0.2, 0.25) is 0 Å². The first-order valence-electron chi connectivity index (χ1n) is 11.6. The third-order valence-electron chi connectivity index (χ3n) is 8.25. The summed E-state index contributed by atoms with van der Waals surface area (Å²) in [4.78, 5) is 5.97. The molecule has 2 aromatic heterocycles. The van der Waals surface area contributed by atoms with Crippen LogP contribution in [-0.2, 0) is 22.6 Å². The number of nitrogens with zero attached hydrogens (tertiary/aromatic N) is 4. The minimum absolute atomic E-state index is 0.000551. The Balaban J connectivity index is 1.15. The molecular weight excluding hydrogens is 453 g/mol. The van der Waals surface area contributed by atoms with Crippen molar-refractivity contribution in [1.29, 1.82) is 0 Å². The van der Waals surface area contributed by atoms with Crippen molar-refractivity contribution < 1.29 is 21.6 Å². The van der Waals surface area contributed by atoms with Gasteiger partial charge in [0.05, 0.1) is 17.2 Å². The zero-order valence-electron chi connectivity index (χ0n) is 18.4. The summed E-state index contributed by atoms with van der Waals surface area (Å²) in [7, 11) is -2.81. The van der Waals surface area contributed by atoms with Gasteiger partial charge in [0.2, 0.25) is 0 Å². The molecular formula is C23H27F3N4O2S. The maximum Gasteiger partial charge on any atom is 0.433 e. The minimum atomic E-state index is -4.48. The van der Waals surface area contributed by atoms with E-state index < -0.39 is 21.7 Å². The summed E-state index contributed by atoms with van der Waals surface area (Å²) in [5.41, 5.74) is 1.22. The Kier molecular flexibility index (Phi) is 4.60. The van der Waals surface area contributed by atoms with Crippen molar-refractivity contribution in [2.75, 3.05) is 24.6 Å². The SMILES string of the molecule is CCn1nc(-c2ccnc(C(F)(F)F)c2)cc1[C@H]1[C@@H]2C[C@@H](N3CCC4(C3)CS(=O)(=O)C4)C[C@@H]21. The summed E-state index contributed by atoms with van der Waals surface area (Å²) in [5.74, 6) is 2.26. The number of halogens is 3. The summed E-state index contributed by atoms with van der Waals surface area (Å²) in [6.07, 6.45) is -0.0903. The maximum atomic E-state index is 13.1. The highest BCUT2D eigenvalue weighted by Crippen LogP contribution is 2.64. The predicted octanol–water partition coefficient (Wildman–Crippen LogP) is 3.60. The number of aromatic nitrogens is 3. The van der Waals surface area contributed by atoms with Gasteiger partial charge in [0.25, 0.3) is 0 Å². The van der Waals surface area contributed by atoms with E-state index in [0.29, 0.717) is 53.1 Å². The molecule has 0 bridgehead atoms. The van der Waals surface area contributed by atoms with Crippen LogP contribution < -0.4 is 0 Å². The third kappa shape index (κ3) is 3.60. The zero-order valence-corrected chi connectivity index (χ0v) is 19.2. The Morgan fingerprint density at radius 3 is 2.55 bits per heavy atom. The Morgan fingerprint density at radius 2 is 1.91 bits per heavy atom. The van der Waals surface area contributed by atoms with Crippen LogP contribution in [0.15, 0.2) is 24.4 Å². The van der Waals surface area contributed by atoms with E-state index in [9.17, 15) is 21.6 Å². The first kappa shape index (κ1) is 21.6. The topological polar surface area (TPSA) is 68.1 Å². The van der Waals surface area contributed by atoms with E-state index in [2.05, 4.69) is 15.0 Å². The van der Waals surface area contributed by atoms with Gasteiger partial charge in [0, 0.05) is 47.9 Å². The highest BCUT2D eigenvalue weighted by molar-refractivity contribution is 7.92. The molecule has 6 rings (SSSR count). The van der Waals surface area contributed by atoms with E-state index >= 15 is 0 Å². The van der Waals surface area contributed by atoms with Gasteiger partial charge in [0.1, 0.15) is 5.69 Å². The number of alkyl halides is 3. The molecule has 2 saturated heterocycles. The molecule has 10 heteroatoms. The molecule has 0 radical (unpaired) electrons. The van der Waals surface area contributed by atoms with Crippen molar-refractivity contribution in [3.05, 3.63) is 35.8 Å². The molecule has 6 nitrogen and oxygen atoms in total. The molecule has 2 aliphatic carbocycles. The van der Waals surface area contributed by atoms with Crippen LogP contribution in [0, 0.1) is 17.3 Å². The van der Waals surface area contributed by atoms with Gasteiger partial charge in [-0.25, -0.2) is 8.42 Å². The van der Waals surface area contributed by atoms with Gasteiger partial charge in [-0.05, 0) is 62.8 Å². The van der Waals surface area contributed by atoms with Crippen molar-refractivity contribution in [1.82, 2.24) is 19.7 Å². The second kappa shape index (κ2) is 7.04. The van der Waals surface area contributed by atoms with Crippen LogP contribution in [0.3, 0.4) is 0 Å². The molecule has 2 aliphatic heterocycles. The number of likely N-dealkylation sites (tertiary alicyclic amines) is 1. The number of rotatable bonds is 4. The van der Waals surface area contributed by atoms with Gasteiger partial charge in [-0.2, -0.15) is 18.3 Å². The Hall–Kier alpha value is -1.94. The first-order valence-corrected chi connectivity index (χ1v) is 13.5. The molecule has 0 unspecified atom stereocenters. The number of fused-ring (bicyclic) bond motifs is 1. The van der Waals surface area contributed by atoms with Crippen molar-refractivity contribution in [2.24, 2.45) is 17.3 Å². The second-order valence-corrected chi connectivity index (χ2v) is 12.5. The number of hydrogen-bond donors (Lipinski definition) is 0. The van der Waals surface area contributed by atoms with E-state index in [1.165, 1.54) is 6.20 Å². The van der Waals surface area contributed by atoms with E-state index in [1.807, 2.05) is 17.7 Å². The van der Waals surface area contributed by atoms with E-state index in [4.69, 9.17) is 0 Å². The van der Waals surface area contributed by atoms with E-state index in [-0.39, 0.29) is 5.41 Å². The average Bonchev–Trinajstić information content (AvgIpc) is 3.18. The molecule has 178 valence electrons. The molecule has 0 N–H and O–H groups in total. The third-order valence-corrected chi connectivity index (χ3v) is 10.4. The molecule has 4 heterocycles. The lowest BCUT2D eigenvalue weighted by Gasteiger charge is -2.38. The van der Waals surface area contributed by atoms with Crippen LogP contribution in [-0.4, -0.2) is 58.7 Å². The minimum Gasteiger partial charge on any atom is -0.300 e. The standard InChI is InChI=1S/C23H27F3N4O2S/c1-2-30-19(10-18(28-30)14-3-5-27-20(7-14)23(24,25)26)21-16-8-15(9-17(16)21)29-6-4-22(11-29)12-33(31,32)13-22/h3,5,7,10,15-17,21H,2,4,6,8-9,11-13H2,1H3/t15-,16-,17+,21+. The molecule has 4 atom stereocenters. The van der Waals surface area contributed by atoms with E-state index in [1.54, 1.807) is 6.07 Å². The fourth-order valence-corrected chi connectivity index (χ4v) is 9.05. The monoisotopic (exact) mass is 480 g/mol. The summed E-state index contributed by atoms with van der Waals surface area (Å²) < 4.78 is 64.5. The molecule has 2 aromatic rings. The summed E-state index contributed by atoms with van der Waals surface area (Å²) >= 11 is 0. The van der Waals surface area contributed by atoms with Gasteiger partial charge in [-0.1, -0.05) is 0 Å². The summed E-state index contributed by atoms with van der Waals surface area (Å²) in [6, 6.07) is 5.13. The van der Waals surface area contributed by atoms with Crippen LogP contribution in [0.1, 0.15) is 43.5 Å². The summed E-state index contributed by atoms with van der Waals surface area (Å²) in [6.45, 7) is 4.58. The molecule has 1 spiro atoms. The second-order valence-electron chi connectivity index (χ2n) is 10.4. The number of pyridine rings is 1. The number of hydrogen-bond acceptors (Lipinski definition) is 5. The van der Waals surface area contributed by atoms with E-state index in [0.717, 1.165) is 44.1 Å². The fraction of sp³-hybridized carbons (Fsp3) is 0.652. The lowest BCUT2D eigenvalue weighted by molar-refractivity contribution is -0.141. The average molecular weight is 481 g/mol. The lowest BCUT2D eigenvalue weighted by atomic mass is 9.91. The number of aryl methyl sites for hydroxylation is 1.